The summed E-state index contributed by atoms with van der Waals surface area (Å²) < 4.78 is 41.0. The Morgan fingerprint density at radius 1 is 1.47 bits per heavy atom. The number of aliphatic carboxylic acids is 1. The van der Waals surface area contributed by atoms with Crippen LogP contribution in [0.1, 0.15) is 18.4 Å². The minimum Gasteiger partial charge on any atom is -0.481 e. The molecule has 2 nitrogen and oxygen atoms in total. The summed E-state index contributed by atoms with van der Waals surface area (Å²) >= 11 is 3.01. The number of halogens is 4. The average molecular weight is 309 g/mol. The van der Waals surface area contributed by atoms with Gasteiger partial charge in [0.05, 0.1) is 5.92 Å². The van der Waals surface area contributed by atoms with Crippen LogP contribution in [0.15, 0.2) is 22.7 Å². The highest BCUT2D eigenvalue weighted by Crippen LogP contribution is 2.71. The van der Waals surface area contributed by atoms with Gasteiger partial charge in [-0.05, 0) is 24.6 Å². The van der Waals surface area contributed by atoms with Gasteiger partial charge in [0.15, 0.2) is 0 Å². The molecule has 1 aromatic carbocycles. The predicted molar refractivity (Wildman–Crippen MR) is 57.5 cm³/mol. The van der Waals surface area contributed by atoms with E-state index in [1.54, 1.807) is 0 Å². The average Bonchev–Trinajstić information content (AvgIpc) is 2.64. The highest BCUT2D eigenvalue weighted by molar-refractivity contribution is 9.10. The molecule has 1 aromatic rings. The van der Waals surface area contributed by atoms with Crippen LogP contribution in [0.2, 0.25) is 0 Å². The van der Waals surface area contributed by atoms with Gasteiger partial charge in [-0.3, -0.25) is 4.79 Å². The quantitative estimate of drug-likeness (QED) is 0.909. The lowest BCUT2D eigenvalue weighted by atomic mass is 10.0. The van der Waals surface area contributed by atoms with Crippen LogP contribution in [-0.2, 0) is 4.79 Å². The molecule has 1 aliphatic rings. The minimum atomic E-state index is -3.42. The Morgan fingerprint density at radius 3 is 2.47 bits per heavy atom. The zero-order valence-electron chi connectivity index (χ0n) is 8.68. The standard InChI is InChI=1S/C11H8BrF3O2/c1-10(9(16)17)8(11(10,14)15)6-3-2-5(12)4-7(6)13/h2-4,8H,1H3,(H,16,17). The van der Waals surface area contributed by atoms with E-state index in [9.17, 15) is 18.0 Å². The molecule has 0 amide bonds. The number of alkyl halides is 2. The molecule has 1 fully saturated rings. The Hall–Kier alpha value is -1.04. The zero-order valence-corrected chi connectivity index (χ0v) is 10.3. The van der Waals surface area contributed by atoms with E-state index in [-0.39, 0.29) is 5.56 Å². The summed E-state index contributed by atoms with van der Waals surface area (Å²) in [5.41, 5.74) is -2.48. The van der Waals surface area contributed by atoms with Crippen molar-refractivity contribution in [2.24, 2.45) is 5.41 Å². The second-order valence-electron chi connectivity index (χ2n) is 4.23. The van der Waals surface area contributed by atoms with Crippen molar-refractivity contribution in [1.29, 1.82) is 0 Å². The molecule has 2 atom stereocenters. The number of benzene rings is 1. The van der Waals surface area contributed by atoms with E-state index in [0.717, 1.165) is 13.0 Å². The molecule has 0 heterocycles. The molecular formula is C11H8BrF3O2. The number of rotatable bonds is 2. The van der Waals surface area contributed by atoms with E-state index in [2.05, 4.69) is 15.9 Å². The Morgan fingerprint density at radius 2 is 2.06 bits per heavy atom. The maximum absolute atomic E-state index is 13.5. The van der Waals surface area contributed by atoms with Crippen molar-refractivity contribution in [3.8, 4) is 0 Å². The highest BCUT2D eigenvalue weighted by atomic mass is 79.9. The summed E-state index contributed by atoms with van der Waals surface area (Å²) in [5, 5.41) is 8.81. The predicted octanol–water partition coefficient (Wildman–Crippen LogP) is 3.41. The van der Waals surface area contributed by atoms with Gasteiger partial charge in [0.1, 0.15) is 11.2 Å². The van der Waals surface area contributed by atoms with Crippen LogP contribution in [-0.4, -0.2) is 17.0 Å². The van der Waals surface area contributed by atoms with Crippen molar-refractivity contribution >= 4 is 21.9 Å². The molecule has 1 N–H and O–H groups in total. The summed E-state index contributed by atoms with van der Waals surface area (Å²) in [7, 11) is 0. The summed E-state index contributed by atoms with van der Waals surface area (Å²) in [5.74, 6) is -7.47. The molecular weight excluding hydrogens is 301 g/mol. The molecule has 2 unspecified atom stereocenters. The Bertz CT molecular complexity index is 503. The summed E-state index contributed by atoms with van der Waals surface area (Å²) in [6, 6.07) is 3.65. The first-order valence-corrected chi connectivity index (χ1v) is 5.58. The van der Waals surface area contributed by atoms with Gasteiger partial charge in [0.2, 0.25) is 0 Å². The lowest BCUT2D eigenvalue weighted by Crippen LogP contribution is -2.18. The fourth-order valence-corrected chi connectivity index (χ4v) is 2.37. The lowest BCUT2D eigenvalue weighted by Gasteiger charge is -2.04. The first-order valence-electron chi connectivity index (χ1n) is 4.79. The van der Waals surface area contributed by atoms with Gasteiger partial charge in [0, 0.05) is 4.47 Å². The van der Waals surface area contributed by atoms with Gasteiger partial charge in [-0.1, -0.05) is 22.0 Å². The normalized spacial score (nSPS) is 30.1. The highest BCUT2D eigenvalue weighted by Gasteiger charge is 2.83. The van der Waals surface area contributed by atoms with Crippen molar-refractivity contribution < 1.29 is 23.1 Å². The topological polar surface area (TPSA) is 37.3 Å². The summed E-state index contributed by atoms with van der Waals surface area (Å²) in [6.07, 6.45) is 0. The second kappa shape index (κ2) is 3.48. The molecule has 1 saturated carbocycles. The van der Waals surface area contributed by atoms with Gasteiger partial charge in [-0.15, -0.1) is 0 Å². The van der Waals surface area contributed by atoms with Crippen LogP contribution < -0.4 is 0 Å². The van der Waals surface area contributed by atoms with Gasteiger partial charge in [0.25, 0.3) is 5.92 Å². The number of carboxylic acid groups (broad SMARTS) is 1. The SMILES string of the molecule is CC1(C(=O)O)C(c2ccc(Br)cc2F)C1(F)F. The monoisotopic (exact) mass is 308 g/mol. The maximum Gasteiger partial charge on any atom is 0.316 e. The van der Waals surface area contributed by atoms with E-state index in [1.165, 1.54) is 12.1 Å². The van der Waals surface area contributed by atoms with E-state index >= 15 is 0 Å². The van der Waals surface area contributed by atoms with E-state index < -0.39 is 29.0 Å². The third-order valence-corrected chi connectivity index (χ3v) is 3.76. The largest absolute Gasteiger partial charge is 0.481 e. The molecule has 0 aromatic heterocycles. The lowest BCUT2D eigenvalue weighted by molar-refractivity contribution is -0.146. The van der Waals surface area contributed by atoms with Gasteiger partial charge >= 0.3 is 5.97 Å². The van der Waals surface area contributed by atoms with Gasteiger partial charge in [-0.2, -0.15) is 0 Å². The zero-order chi connectivity index (χ0) is 13.0. The Kier molecular flexibility index (Phi) is 2.54. The molecule has 0 radical (unpaired) electrons. The van der Waals surface area contributed by atoms with Crippen LogP contribution in [0.5, 0.6) is 0 Å². The molecule has 6 heteroatoms. The van der Waals surface area contributed by atoms with E-state index in [1.807, 2.05) is 0 Å². The van der Waals surface area contributed by atoms with Crippen LogP contribution in [0.4, 0.5) is 13.2 Å². The number of carbonyl (C=O) groups is 1. The second-order valence-corrected chi connectivity index (χ2v) is 5.14. The molecule has 1 aliphatic carbocycles. The third kappa shape index (κ3) is 1.50. The first kappa shape index (κ1) is 12.4. The van der Waals surface area contributed by atoms with Crippen LogP contribution >= 0.6 is 15.9 Å². The third-order valence-electron chi connectivity index (χ3n) is 3.27. The summed E-state index contributed by atoms with van der Waals surface area (Å²) in [6.45, 7) is 0.932. The summed E-state index contributed by atoms with van der Waals surface area (Å²) in [4.78, 5) is 10.8. The molecule has 92 valence electrons. The Labute approximate surface area is 104 Å². The van der Waals surface area contributed by atoms with Crippen molar-refractivity contribution in [3.63, 3.8) is 0 Å². The molecule has 17 heavy (non-hydrogen) atoms. The maximum atomic E-state index is 13.5. The fraction of sp³-hybridized carbons (Fsp3) is 0.364. The van der Waals surface area contributed by atoms with Crippen molar-refractivity contribution in [3.05, 3.63) is 34.1 Å². The van der Waals surface area contributed by atoms with Crippen LogP contribution in [0, 0.1) is 11.2 Å². The van der Waals surface area contributed by atoms with Crippen molar-refractivity contribution in [1.82, 2.24) is 0 Å². The number of hydrogen-bond acceptors (Lipinski definition) is 1. The van der Waals surface area contributed by atoms with Crippen molar-refractivity contribution in [2.75, 3.05) is 0 Å². The smallest absolute Gasteiger partial charge is 0.316 e. The number of hydrogen-bond donors (Lipinski definition) is 1. The minimum absolute atomic E-state index is 0.261. The van der Waals surface area contributed by atoms with E-state index in [0.29, 0.717) is 4.47 Å². The Balaban J connectivity index is 2.47. The first-order chi connectivity index (χ1) is 7.73. The number of carboxylic acids is 1. The molecule has 2 rings (SSSR count). The van der Waals surface area contributed by atoms with Crippen LogP contribution in [0.25, 0.3) is 0 Å². The van der Waals surface area contributed by atoms with Gasteiger partial charge in [-0.25, -0.2) is 13.2 Å². The van der Waals surface area contributed by atoms with E-state index in [4.69, 9.17) is 5.11 Å². The molecule has 0 spiro atoms. The molecule has 0 saturated heterocycles. The fourth-order valence-electron chi connectivity index (χ4n) is 2.04. The molecule has 0 bridgehead atoms. The van der Waals surface area contributed by atoms with Crippen LogP contribution in [0.3, 0.4) is 0 Å². The van der Waals surface area contributed by atoms with Gasteiger partial charge < -0.3 is 5.11 Å². The molecule has 0 aliphatic heterocycles. The van der Waals surface area contributed by atoms with Crippen molar-refractivity contribution in [2.45, 2.75) is 18.8 Å².